The molecule has 39 heavy (non-hydrogen) atoms. The van der Waals surface area contributed by atoms with Crippen LogP contribution in [0.25, 0.3) is 0 Å². The van der Waals surface area contributed by atoms with Crippen molar-refractivity contribution in [1.29, 1.82) is 0 Å². The van der Waals surface area contributed by atoms with Crippen LogP contribution in [0.3, 0.4) is 0 Å². The van der Waals surface area contributed by atoms with Gasteiger partial charge in [-0.15, -0.1) is 11.3 Å². The predicted molar refractivity (Wildman–Crippen MR) is 151 cm³/mol. The molecule has 2 unspecified atom stereocenters. The van der Waals surface area contributed by atoms with E-state index >= 15 is 4.39 Å². The van der Waals surface area contributed by atoms with E-state index in [0.717, 1.165) is 12.0 Å². The van der Waals surface area contributed by atoms with Gasteiger partial charge in [0.2, 0.25) is 5.91 Å². The molecule has 2 aliphatic rings. The van der Waals surface area contributed by atoms with Gasteiger partial charge < -0.3 is 26.2 Å². The van der Waals surface area contributed by atoms with Crippen LogP contribution in [0.15, 0.2) is 54.9 Å². The summed E-state index contributed by atoms with van der Waals surface area (Å²) in [6, 6.07) is 11.1. The second-order valence-corrected chi connectivity index (χ2v) is 12.0. The molecule has 2 aromatic heterocycles. The Morgan fingerprint density at radius 1 is 1.28 bits per heavy atom. The van der Waals surface area contributed by atoms with E-state index in [0.29, 0.717) is 40.2 Å². The molecular weight excluding hydrogens is 541 g/mol. The van der Waals surface area contributed by atoms with Crippen molar-refractivity contribution in [3.05, 3.63) is 76.1 Å². The monoisotopic (exact) mass is 573 g/mol. The number of hydrogen-bond donors (Lipinski definition) is 4. The average Bonchev–Trinajstić information content (AvgIpc) is 3.52. The number of rotatable bonds is 11. The van der Waals surface area contributed by atoms with Crippen LogP contribution in [-0.2, 0) is 15.1 Å². The largest absolute Gasteiger partial charge is 0.380 e. The third kappa shape index (κ3) is 6.42. The summed E-state index contributed by atoms with van der Waals surface area (Å²) >= 11 is 7.28. The number of benzene rings is 1. The molecule has 0 spiro atoms. The summed E-state index contributed by atoms with van der Waals surface area (Å²) in [5.74, 6) is -0.340. The number of methoxy groups -OCH3 is 1. The van der Waals surface area contributed by atoms with E-state index in [1.54, 1.807) is 48.7 Å². The predicted octanol–water partition coefficient (Wildman–Crippen LogP) is 4.74. The fourth-order valence-electron chi connectivity index (χ4n) is 5.18. The lowest BCUT2D eigenvalue weighted by Gasteiger charge is -2.32. The van der Waals surface area contributed by atoms with Crippen LogP contribution in [0.1, 0.15) is 43.2 Å². The quantitative estimate of drug-likeness (QED) is 0.245. The summed E-state index contributed by atoms with van der Waals surface area (Å²) in [6.07, 6.45) is 6.37. The highest BCUT2D eigenvalue weighted by Crippen LogP contribution is 2.40. The van der Waals surface area contributed by atoms with Crippen LogP contribution in [0.2, 0.25) is 4.34 Å². The summed E-state index contributed by atoms with van der Waals surface area (Å²) in [7, 11) is 1.56. The van der Waals surface area contributed by atoms with Gasteiger partial charge in [-0.2, -0.15) is 0 Å². The summed E-state index contributed by atoms with van der Waals surface area (Å²) in [4.78, 5) is 19.2. The van der Waals surface area contributed by atoms with Crippen LogP contribution in [0.5, 0.6) is 0 Å². The van der Waals surface area contributed by atoms with Crippen molar-refractivity contribution in [1.82, 2.24) is 9.88 Å². The third-order valence-corrected chi connectivity index (χ3v) is 8.84. The fourth-order valence-corrected chi connectivity index (χ4v) is 6.14. The Morgan fingerprint density at radius 3 is 2.72 bits per heavy atom. The van der Waals surface area contributed by atoms with Gasteiger partial charge in [0.05, 0.1) is 32.7 Å². The zero-order valence-electron chi connectivity index (χ0n) is 21.6. The Labute approximate surface area is 236 Å². The minimum absolute atomic E-state index is 0.0427. The lowest BCUT2D eigenvalue weighted by atomic mass is 9.79. The standard InChI is InChI=1S/C28H33ClFN5O3S/c1-38-20-15-23(35(16-20)27(37)34-25-7-6-24(29)39-25)26(36)33-22-14-19(4-5-21(22)30)28(31,11-8-17-2-3-17)18-9-12-32-13-10-18/h4-7,9-10,12-14,17,20,23,27,34,37H,2-3,8,11,15-16,31H2,1H3,(H,33,36)/t20-,23-,27?,28?/m1/s1. The zero-order valence-corrected chi connectivity index (χ0v) is 23.2. The third-order valence-electron chi connectivity index (χ3n) is 7.67. The van der Waals surface area contributed by atoms with E-state index < -0.39 is 29.7 Å². The molecule has 5 rings (SSSR count). The summed E-state index contributed by atoms with van der Waals surface area (Å²) in [5.41, 5.74) is 7.80. The van der Waals surface area contributed by atoms with Crippen LogP contribution >= 0.6 is 22.9 Å². The normalized spacial score (nSPS) is 21.9. The van der Waals surface area contributed by atoms with Crippen molar-refractivity contribution in [3.8, 4) is 0 Å². The summed E-state index contributed by atoms with van der Waals surface area (Å²) < 4.78 is 21.1. The maximum atomic E-state index is 15.0. The second kappa shape index (κ2) is 11.9. The highest BCUT2D eigenvalue weighted by molar-refractivity contribution is 7.19. The molecule has 4 atom stereocenters. The van der Waals surface area contributed by atoms with E-state index in [1.807, 2.05) is 12.1 Å². The van der Waals surface area contributed by atoms with Gasteiger partial charge in [0.1, 0.15) is 5.82 Å². The van der Waals surface area contributed by atoms with Crippen molar-refractivity contribution < 1.29 is 19.0 Å². The first-order valence-electron chi connectivity index (χ1n) is 13.1. The number of pyridine rings is 1. The van der Waals surface area contributed by atoms with E-state index in [1.165, 1.54) is 30.2 Å². The van der Waals surface area contributed by atoms with Crippen LogP contribution in [0, 0.1) is 11.7 Å². The number of thiophene rings is 1. The Morgan fingerprint density at radius 2 is 2.05 bits per heavy atom. The molecule has 3 aromatic rings. The number of carbonyl (C=O) groups is 1. The average molecular weight is 574 g/mol. The van der Waals surface area contributed by atoms with E-state index in [-0.39, 0.29) is 11.8 Å². The second-order valence-electron chi connectivity index (χ2n) is 10.3. The van der Waals surface area contributed by atoms with Crippen LogP contribution < -0.4 is 16.4 Å². The number of nitrogens with one attached hydrogen (secondary N) is 2. The minimum Gasteiger partial charge on any atom is -0.380 e. The minimum atomic E-state index is -1.17. The molecule has 8 nitrogen and oxygen atoms in total. The molecule has 2 fully saturated rings. The van der Waals surface area contributed by atoms with Gasteiger partial charge in [-0.1, -0.05) is 30.5 Å². The SMILES string of the molecule is CO[C@@H]1C[C@H](C(=O)Nc2cc(C(N)(CCC3CC3)c3ccncc3)ccc2F)N(C(O)Nc2ccc(Cl)s2)C1. The topological polar surface area (TPSA) is 113 Å². The van der Waals surface area contributed by atoms with Gasteiger partial charge in [-0.25, -0.2) is 9.29 Å². The highest BCUT2D eigenvalue weighted by Gasteiger charge is 2.41. The van der Waals surface area contributed by atoms with Crippen molar-refractivity contribution in [2.45, 2.75) is 56.1 Å². The summed E-state index contributed by atoms with van der Waals surface area (Å²) in [6.45, 7) is 0.319. The number of aliphatic hydroxyl groups excluding tert-OH is 1. The molecule has 1 saturated heterocycles. The fraction of sp³-hybridized carbons (Fsp3) is 0.429. The number of carbonyl (C=O) groups excluding carboxylic acids is 1. The number of aliphatic hydroxyl groups is 1. The first-order valence-corrected chi connectivity index (χ1v) is 14.2. The lowest BCUT2D eigenvalue weighted by Crippen LogP contribution is -2.48. The van der Waals surface area contributed by atoms with Gasteiger partial charge in [-0.3, -0.25) is 9.78 Å². The first kappa shape index (κ1) is 27.9. The van der Waals surface area contributed by atoms with Gasteiger partial charge in [0.15, 0.2) is 6.35 Å². The van der Waals surface area contributed by atoms with Gasteiger partial charge in [0.25, 0.3) is 0 Å². The summed E-state index contributed by atoms with van der Waals surface area (Å²) in [5, 5.41) is 17.3. The van der Waals surface area contributed by atoms with Crippen LogP contribution in [-0.4, -0.2) is 53.0 Å². The molecule has 0 radical (unpaired) electrons. The Kier molecular flexibility index (Phi) is 8.51. The number of nitrogens with zero attached hydrogens (tertiary/aromatic N) is 2. The number of ether oxygens (including phenoxy) is 1. The van der Waals surface area contributed by atoms with E-state index in [2.05, 4.69) is 15.6 Å². The molecule has 1 amide bonds. The maximum absolute atomic E-state index is 15.0. The first-order chi connectivity index (χ1) is 18.8. The Hall–Kier alpha value is -2.60. The van der Waals surface area contributed by atoms with Crippen LogP contribution in [0.4, 0.5) is 15.1 Å². The molecule has 5 N–H and O–H groups in total. The molecule has 1 aliphatic carbocycles. The molecule has 1 aliphatic heterocycles. The van der Waals surface area contributed by atoms with Crippen molar-refractivity contribution in [3.63, 3.8) is 0 Å². The maximum Gasteiger partial charge on any atom is 0.242 e. The molecule has 3 heterocycles. The number of hydrogen-bond acceptors (Lipinski definition) is 8. The highest BCUT2D eigenvalue weighted by atomic mass is 35.5. The Bertz CT molecular complexity index is 1290. The van der Waals surface area contributed by atoms with E-state index in [4.69, 9.17) is 22.1 Å². The smallest absolute Gasteiger partial charge is 0.242 e. The van der Waals surface area contributed by atoms with Crippen molar-refractivity contribution >= 4 is 39.5 Å². The van der Waals surface area contributed by atoms with Gasteiger partial charge >= 0.3 is 0 Å². The molecule has 1 aromatic carbocycles. The van der Waals surface area contributed by atoms with Crippen molar-refractivity contribution in [2.24, 2.45) is 11.7 Å². The lowest BCUT2D eigenvalue weighted by molar-refractivity contribution is -0.123. The number of amides is 1. The molecular formula is C28H33ClFN5O3S. The number of aromatic nitrogens is 1. The molecule has 208 valence electrons. The number of likely N-dealkylation sites (tertiary alicyclic amines) is 1. The van der Waals surface area contributed by atoms with Gasteiger partial charge in [-0.05, 0) is 72.7 Å². The Balaban J connectivity index is 1.37. The van der Waals surface area contributed by atoms with Gasteiger partial charge in [0, 0.05) is 26.0 Å². The van der Waals surface area contributed by atoms with E-state index in [9.17, 15) is 9.90 Å². The molecule has 1 saturated carbocycles. The number of nitrogens with two attached hydrogens (primary N) is 1. The number of halogens is 2. The zero-order chi connectivity index (χ0) is 27.6. The molecule has 0 bridgehead atoms. The molecule has 11 heteroatoms. The number of anilines is 2. The van der Waals surface area contributed by atoms with Crippen molar-refractivity contribution in [2.75, 3.05) is 24.3 Å².